The van der Waals surface area contributed by atoms with Crippen LogP contribution in [0.25, 0.3) is 0 Å². The van der Waals surface area contributed by atoms with Gasteiger partial charge in [-0.2, -0.15) is 0 Å². The number of amides is 1. The van der Waals surface area contributed by atoms with Gasteiger partial charge in [-0.3, -0.25) is 4.79 Å². The maximum absolute atomic E-state index is 12.5. The number of rotatable bonds is 2. The highest BCUT2D eigenvalue weighted by Crippen LogP contribution is 2.27. The van der Waals surface area contributed by atoms with E-state index in [0.717, 1.165) is 8.04 Å². The molecule has 0 saturated heterocycles. The summed E-state index contributed by atoms with van der Waals surface area (Å²) in [6, 6.07) is 17.2. The molecule has 0 spiro atoms. The maximum Gasteiger partial charge on any atom is 0.271 e. The van der Waals surface area contributed by atoms with E-state index in [1.54, 1.807) is 12.1 Å². The molecule has 0 radical (unpaired) electrons. The lowest BCUT2D eigenvalue weighted by atomic mass is 10.2. The van der Waals surface area contributed by atoms with Gasteiger partial charge >= 0.3 is 0 Å². The fraction of sp³-hybridized carbons (Fsp3) is 0. The van der Waals surface area contributed by atoms with Crippen LogP contribution in [0.1, 0.15) is 10.4 Å². The fourth-order valence-corrected chi connectivity index (χ4v) is 2.71. The van der Waals surface area contributed by atoms with Crippen LogP contribution in [0.2, 0.25) is 0 Å². The second-order valence-electron chi connectivity index (χ2n) is 3.70. The lowest BCUT2D eigenvalue weighted by molar-refractivity contribution is 0.0999. The molecule has 2 nitrogen and oxygen atoms in total. The summed E-state index contributed by atoms with van der Waals surface area (Å²) in [7, 11) is 0. The number of nitrogens with zero attached hydrogens (tertiary/aromatic N) is 1. The first kappa shape index (κ1) is 14.1. The zero-order valence-corrected chi connectivity index (χ0v) is 13.6. The Morgan fingerprint density at radius 2 is 1.79 bits per heavy atom. The van der Waals surface area contributed by atoms with E-state index in [1.165, 1.54) is 4.90 Å². The van der Waals surface area contributed by atoms with Crippen molar-refractivity contribution in [2.75, 3.05) is 4.90 Å². The molecular weight excluding hydrogens is 417 g/mol. The molecule has 0 heterocycles. The van der Waals surface area contributed by atoms with Crippen molar-refractivity contribution in [3.63, 3.8) is 0 Å². The fourth-order valence-electron chi connectivity index (χ4n) is 1.63. The normalized spacial score (nSPS) is 9.74. The van der Waals surface area contributed by atoms with Crippen molar-refractivity contribution in [3.05, 3.63) is 62.1 Å². The van der Waals surface area contributed by atoms with Gasteiger partial charge in [-0.25, -0.2) is 4.90 Å². The van der Waals surface area contributed by atoms with Crippen molar-refractivity contribution in [1.29, 1.82) is 0 Å². The average Bonchev–Trinajstić information content (AvgIpc) is 2.42. The Morgan fingerprint density at radius 3 is 2.42 bits per heavy atom. The summed E-state index contributed by atoms with van der Waals surface area (Å²) in [4.78, 5) is 13.8. The topological polar surface area (TPSA) is 20.3 Å². The summed E-state index contributed by atoms with van der Waals surface area (Å²) >= 11 is 5.53. The van der Waals surface area contributed by atoms with Crippen LogP contribution in [0.3, 0.4) is 0 Å². The van der Waals surface area contributed by atoms with Crippen LogP contribution in [-0.2, 0) is 0 Å². The highest BCUT2D eigenvalue weighted by atomic mass is 127. The van der Waals surface area contributed by atoms with E-state index in [1.807, 2.05) is 36.4 Å². The molecule has 0 atom stereocenters. The number of hydrogen-bond donors (Lipinski definition) is 0. The highest BCUT2D eigenvalue weighted by molar-refractivity contribution is 14.1. The Hall–Kier alpha value is -1.32. The molecule has 2 aromatic carbocycles. The number of carbonyl (C=O) groups excluding carboxylic acids is 1. The van der Waals surface area contributed by atoms with Gasteiger partial charge in [0.05, 0.1) is 11.3 Å². The van der Waals surface area contributed by atoms with Gasteiger partial charge in [-0.15, -0.1) is 0 Å². The number of terminal acetylenes is 1. The van der Waals surface area contributed by atoms with Gasteiger partial charge in [0.1, 0.15) is 0 Å². The van der Waals surface area contributed by atoms with E-state index >= 15 is 0 Å². The van der Waals surface area contributed by atoms with Gasteiger partial charge in [-0.1, -0.05) is 30.7 Å². The van der Waals surface area contributed by atoms with Gasteiger partial charge < -0.3 is 0 Å². The minimum atomic E-state index is -0.209. The molecule has 4 heteroatoms. The number of anilines is 1. The Labute approximate surface area is 134 Å². The molecular formula is C15H9BrINO. The Bertz CT molecular complexity index is 663. The summed E-state index contributed by atoms with van der Waals surface area (Å²) < 4.78 is 1.66. The summed E-state index contributed by atoms with van der Waals surface area (Å²) in [6.07, 6.45) is 5.49. The monoisotopic (exact) mass is 425 g/mol. The lowest BCUT2D eigenvalue weighted by Gasteiger charge is -2.17. The molecule has 94 valence electrons. The van der Waals surface area contributed by atoms with Gasteiger partial charge in [0.2, 0.25) is 0 Å². The molecule has 0 aliphatic carbocycles. The Balaban J connectivity index is 2.45. The molecule has 0 unspecified atom stereocenters. The van der Waals surface area contributed by atoms with Gasteiger partial charge in [0, 0.05) is 14.1 Å². The molecule has 0 aliphatic heterocycles. The lowest BCUT2D eigenvalue weighted by Crippen LogP contribution is -2.26. The average molecular weight is 426 g/mol. The van der Waals surface area contributed by atoms with Crippen LogP contribution in [0.5, 0.6) is 0 Å². The molecule has 2 aromatic rings. The van der Waals surface area contributed by atoms with Crippen LogP contribution in [-0.4, -0.2) is 5.91 Å². The van der Waals surface area contributed by atoms with Crippen molar-refractivity contribution in [2.24, 2.45) is 0 Å². The minimum Gasteiger partial charge on any atom is -0.268 e. The second kappa shape index (κ2) is 6.22. The molecule has 0 aliphatic rings. The second-order valence-corrected chi connectivity index (χ2v) is 5.72. The van der Waals surface area contributed by atoms with Crippen molar-refractivity contribution >= 4 is 50.1 Å². The number of hydrogen-bond acceptors (Lipinski definition) is 1. The van der Waals surface area contributed by atoms with Crippen molar-refractivity contribution in [2.45, 2.75) is 0 Å². The standard InChI is InChI=1S/C15H9BrINO/c1-2-18(14-10-6-4-8-12(14)16)15(19)11-7-3-5-9-13(11)17/h1,3-10H. The zero-order chi connectivity index (χ0) is 13.8. The third kappa shape index (κ3) is 2.99. The Morgan fingerprint density at radius 1 is 1.16 bits per heavy atom. The molecule has 0 aromatic heterocycles. The summed E-state index contributed by atoms with van der Waals surface area (Å²) in [5.74, 6) is -0.209. The summed E-state index contributed by atoms with van der Waals surface area (Å²) in [6.45, 7) is 0. The molecule has 0 N–H and O–H groups in total. The molecule has 0 bridgehead atoms. The molecule has 2 rings (SSSR count). The SMILES string of the molecule is C#CN(C(=O)c1ccccc1I)c1ccccc1Br. The van der Waals surface area contributed by atoms with Crippen LogP contribution in [0, 0.1) is 16.0 Å². The van der Waals surface area contributed by atoms with Gasteiger partial charge in [-0.05, 0) is 62.8 Å². The van der Waals surface area contributed by atoms with E-state index < -0.39 is 0 Å². The van der Waals surface area contributed by atoms with Crippen molar-refractivity contribution in [1.82, 2.24) is 0 Å². The molecule has 19 heavy (non-hydrogen) atoms. The third-order valence-corrected chi connectivity index (χ3v) is 4.14. The molecule has 1 amide bonds. The van der Waals surface area contributed by atoms with Crippen LogP contribution >= 0.6 is 38.5 Å². The largest absolute Gasteiger partial charge is 0.271 e. The minimum absolute atomic E-state index is 0.209. The van der Waals surface area contributed by atoms with Crippen molar-refractivity contribution in [3.8, 4) is 12.5 Å². The first-order chi connectivity index (χ1) is 9.15. The van der Waals surface area contributed by atoms with Crippen molar-refractivity contribution < 1.29 is 4.79 Å². The number of halogens is 2. The maximum atomic E-state index is 12.5. The number of para-hydroxylation sites is 1. The third-order valence-electron chi connectivity index (χ3n) is 2.53. The van der Waals surface area contributed by atoms with E-state index in [-0.39, 0.29) is 5.91 Å². The van der Waals surface area contributed by atoms with Gasteiger partial charge in [0.15, 0.2) is 0 Å². The smallest absolute Gasteiger partial charge is 0.268 e. The first-order valence-corrected chi connectivity index (χ1v) is 7.32. The molecule has 0 fully saturated rings. The van der Waals surface area contributed by atoms with Crippen LogP contribution in [0.4, 0.5) is 5.69 Å². The predicted molar refractivity (Wildman–Crippen MR) is 88.9 cm³/mol. The predicted octanol–water partition coefficient (Wildman–Crippen LogP) is 4.29. The summed E-state index contributed by atoms with van der Waals surface area (Å²) in [5, 5.41) is 0. The molecule has 0 saturated carbocycles. The zero-order valence-electron chi connectivity index (χ0n) is 9.81. The number of benzene rings is 2. The van der Waals surface area contributed by atoms with Gasteiger partial charge in [0.25, 0.3) is 5.91 Å². The van der Waals surface area contributed by atoms with E-state index in [2.05, 4.69) is 44.6 Å². The number of carbonyl (C=O) groups is 1. The van der Waals surface area contributed by atoms with Crippen LogP contribution < -0.4 is 4.90 Å². The van der Waals surface area contributed by atoms with E-state index in [0.29, 0.717) is 11.3 Å². The first-order valence-electron chi connectivity index (χ1n) is 5.45. The highest BCUT2D eigenvalue weighted by Gasteiger charge is 2.19. The summed E-state index contributed by atoms with van der Waals surface area (Å²) in [5.41, 5.74) is 1.26. The van der Waals surface area contributed by atoms with E-state index in [9.17, 15) is 4.79 Å². The van der Waals surface area contributed by atoms with E-state index in [4.69, 9.17) is 6.42 Å². The Kier molecular flexibility index (Phi) is 4.61. The van der Waals surface area contributed by atoms with Crippen LogP contribution in [0.15, 0.2) is 53.0 Å². The quantitative estimate of drug-likeness (QED) is 0.399.